The minimum absolute atomic E-state index is 0.101. The van der Waals surface area contributed by atoms with Gasteiger partial charge in [-0.25, -0.2) is 0 Å². The van der Waals surface area contributed by atoms with Crippen LogP contribution in [0.5, 0.6) is 5.75 Å². The highest BCUT2D eigenvalue weighted by Gasteiger charge is 2.16. The lowest BCUT2D eigenvalue weighted by atomic mass is 10.1. The van der Waals surface area contributed by atoms with Crippen LogP contribution in [-0.2, 0) is 0 Å². The Balaban J connectivity index is 1.88. The summed E-state index contributed by atoms with van der Waals surface area (Å²) in [5.74, 6) is 0.211. The minimum atomic E-state index is -2.78. The second-order valence-corrected chi connectivity index (χ2v) is 5.75. The van der Waals surface area contributed by atoms with E-state index >= 15 is 0 Å². The van der Waals surface area contributed by atoms with Crippen molar-refractivity contribution in [3.63, 3.8) is 0 Å². The Kier molecular flexibility index (Phi) is 5.94. The van der Waals surface area contributed by atoms with Crippen LogP contribution >= 0.6 is 0 Å². The van der Waals surface area contributed by atoms with Gasteiger partial charge < -0.3 is 15.0 Å². The first-order chi connectivity index (χ1) is 10.0. The highest BCUT2D eigenvalue weighted by atomic mass is 19.3. The van der Waals surface area contributed by atoms with E-state index < -0.39 is 6.61 Å². The van der Waals surface area contributed by atoms with Crippen LogP contribution in [0.3, 0.4) is 0 Å². The van der Waals surface area contributed by atoms with Crippen molar-refractivity contribution in [3.8, 4) is 5.75 Å². The predicted molar refractivity (Wildman–Crippen MR) is 79.8 cm³/mol. The number of rotatable bonds is 7. The summed E-state index contributed by atoms with van der Waals surface area (Å²) in [5, 5.41) is 3.52. The van der Waals surface area contributed by atoms with Gasteiger partial charge in [-0.05, 0) is 57.5 Å². The lowest BCUT2D eigenvalue weighted by Gasteiger charge is -2.25. The fourth-order valence-electron chi connectivity index (χ4n) is 2.89. The van der Waals surface area contributed by atoms with Gasteiger partial charge in [-0.3, -0.25) is 0 Å². The maximum Gasteiger partial charge on any atom is 0.387 e. The average molecular weight is 298 g/mol. The zero-order valence-electron chi connectivity index (χ0n) is 12.7. The molecule has 1 heterocycles. The normalized spacial score (nSPS) is 18.9. The topological polar surface area (TPSA) is 24.5 Å². The van der Waals surface area contributed by atoms with Gasteiger partial charge in [0.05, 0.1) is 0 Å². The van der Waals surface area contributed by atoms with Crippen molar-refractivity contribution in [1.82, 2.24) is 10.2 Å². The van der Waals surface area contributed by atoms with E-state index in [0.717, 1.165) is 12.1 Å². The van der Waals surface area contributed by atoms with E-state index in [9.17, 15) is 8.78 Å². The second kappa shape index (κ2) is 7.71. The van der Waals surface area contributed by atoms with Crippen molar-refractivity contribution in [2.24, 2.45) is 0 Å². The highest BCUT2D eigenvalue weighted by molar-refractivity contribution is 5.30. The summed E-state index contributed by atoms with van der Waals surface area (Å²) >= 11 is 0. The molecule has 1 aliphatic heterocycles. The summed E-state index contributed by atoms with van der Waals surface area (Å²) < 4.78 is 28.9. The highest BCUT2D eigenvalue weighted by Crippen LogP contribution is 2.21. The van der Waals surface area contributed by atoms with E-state index in [2.05, 4.69) is 21.9 Å². The molecule has 2 unspecified atom stereocenters. The second-order valence-electron chi connectivity index (χ2n) is 5.75. The molecule has 1 aliphatic rings. The third-order valence-electron chi connectivity index (χ3n) is 3.85. The molecular weight excluding hydrogens is 274 g/mol. The third kappa shape index (κ3) is 5.25. The van der Waals surface area contributed by atoms with Gasteiger partial charge in [0.15, 0.2) is 0 Å². The molecule has 1 aromatic carbocycles. The first-order valence-electron chi connectivity index (χ1n) is 7.58. The van der Waals surface area contributed by atoms with Gasteiger partial charge in [0.1, 0.15) is 5.75 Å². The smallest absolute Gasteiger partial charge is 0.387 e. The molecule has 0 amide bonds. The van der Waals surface area contributed by atoms with Crippen LogP contribution in [0.1, 0.15) is 38.3 Å². The number of hydrogen-bond acceptors (Lipinski definition) is 3. The van der Waals surface area contributed by atoms with E-state index in [1.807, 2.05) is 13.0 Å². The van der Waals surface area contributed by atoms with Gasteiger partial charge in [-0.15, -0.1) is 0 Å². The van der Waals surface area contributed by atoms with Crippen molar-refractivity contribution < 1.29 is 13.5 Å². The summed E-state index contributed by atoms with van der Waals surface area (Å²) in [6.07, 6.45) is 2.57. The molecule has 2 rings (SSSR count). The fourth-order valence-corrected chi connectivity index (χ4v) is 2.89. The van der Waals surface area contributed by atoms with Crippen LogP contribution in [0.15, 0.2) is 24.3 Å². The van der Waals surface area contributed by atoms with E-state index in [-0.39, 0.29) is 11.8 Å². The SMILES string of the molecule is CC(CN1CCCC1)NC(C)c1cccc(OC(F)F)c1. The van der Waals surface area contributed by atoms with Gasteiger partial charge in [-0.1, -0.05) is 12.1 Å². The monoisotopic (exact) mass is 298 g/mol. The van der Waals surface area contributed by atoms with Gasteiger partial charge in [0, 0.05) is 18.6 Å². The maximum absolute atomic E-state index is 12.2. The van der Waals surface area contributed by atoms with Crippen LogP contribution in [0.2, 0.25) is 0 Å². The van der Waals surface area contributed by atoms with Crippen molar-refractivity contribution in [2.45, 2.75) is 45.4 Å². The largest absolute Gasteiger partial charge is 0.435 e. The van der Waals surface area contributed by atoms with E-state index in [1.165, 1.54) is 25.9 Å². The van der Waals surface area contributed by atoms with Gasteiger partial charge >= 0.3 is 6.61 Å². The predicted octanol–water partition coefficient (Wildman–Crippen LogP) is 3.42. The summed E-state index contributed by atoms with van der Waals surface area (Å²) in [7, 11) is 0. The lowest BCUT2D eigenvalue weighted by molar-refractivity contribution is -0.0499. The zero-order valence-corrected chi connectivity index (χ0v) is 12.7. The van der Waals surface area contributed by atoms with Crippen molar-refractivity contribution in [1.29, 1.82) is 0 Å². The van der Waals surface area contributed by atoms with E-state index in [1.54, 1.807) is 18.2 Å². The first kappa shape index (κ1) is 16.2. The molecular formula is C16H24F2N2O. The van der Waals surface area contributed by atoms with Crippen LogP contribution < -0.4 is 10.1 Å². The first-order valence-corrected chi connectivity index (χ1v) is 7.58. The molecule has 0 spiro atoms. The quantitative estimate of drug-likeness (QED) is 0.835. The summed E-state index contributed by atoms with van der Waals surface area (Å²) in [5.41, 5.74) is 0.960. The molecule has 0 aliphatic carbocycles. The molecule has 3 nitrogen and oxygen atoms in total. The number of ether oxygens (including phenoxy) is 1. The Labute approximate surface area is 125 Å². The van der Waals surface area contributed by atoms with Crippen LogP contribution in [0.4, 0.5) is 8.78 Å². The number of alkyl halides is 2. The number of hydrogen-bond donors (Lipinski definition) is 1. The third-order valence-corrected chi connectivity index (χ3v) is 3.85. The molecule has 1 aromatic rings. The molecule has 118 valence electrons. The Morgan fingerprint density at radius 3 is 2.62 bits per heavy atom. The van der Waals surface area contributed by atoms with Crippen molar-refractivity contribution in [3.05, 3.63) is 29.8 Å². The number of nitrogens with one attached hydrogen (secondary N) is 1. The van der Waals surface area contributed by atoms with E-state index in [4.69, 9.17) is 0 Å². The average Bonchev–Trinajstić information content (AvgIpc) is 2.90. The molecule has 0 saturated carbocycles. The molecule has 0 radical (unpaired) electrons. The van der Waals surface area contributed by atoms with Crippen LogP contribution in [0.25, 0.3) is 0 Å². The standard InChI is InChI=1S/C16H24F2N2O/c1-12(11-20-8-3-4-9-20)19-13(2)14-6-5-7-15(10-14)21-16(17)18/h5-7,10,12-13,16,19H,3-4,8-9,11H2,1-2H3. The molecule has 1 saturated heterocycles. The molecule has 0 bridgehead atoms. The Bertz CT molecular complexity index is 436. The number of halogens is 2. The van der Waals surface area contributed by atoms with E-state index in [0.29, 0.717) is 6.04 Å². The molecule has 2 atom stereocenters. The fraction of sp³-hybridized carbons (Fsp3) is 0.625. The lowest BCUT2D eigenvalue weighted by Crippen LogP contribution is -2.39. The molecule has 1 N–H and O–H groups in total. The maximum atomic E-state index is 12.2. The number of likely N-dealkylation sites (tertiary alicyclic amines) is 1. The van der Waals surface area contributed by atoms with Crippen LogP contribution in [0, 0.1) is 0 Å². The number of benzene rings is 1. The minimum Gasteiger partial charge on any atom is -0.435 e. The van der Waals surface area contributed by atoms with Crippen molar-refractivity contribution >= 4 is 0 Å². The molecule has 1 fully saturated rings. The molecule has 0 aromatic heterocycles. The van der Waals surface area contributed by atoms with Gasteiger partial charge in [0.25, 0.3) is 0 Å². The van der Waals surface area contributed by atoms with Gasteiger partial charge in [0.2, 0.25) is 0 Å². The Hall–Kier alpha value is -1.20. The number of nitrogens with zero attached hydrogens (tertiary/aromatic N) is 1. The summed E-state index contributed by atoms with van der Waals surface area (Å²) in [6.45, 7) is 4.81. The Morgan fingerprint density at radius 2 is 1.95 bits per heavy atom. The Morgan fingerprint density at radius 1 is 1.24 bits per heavy atom. The zero-order chi connectivity index (χ0) is 15.2. The summed E-state index contributed by atoms with van der Waals surface area (Å²) in [6, 6.07) is 7.36. The summed E-state index contributed by atoms with van der Waals surface area (Å²) in [4.78, 5) is 2.46. The molecule has 5 heteroatoms. The van der Waals surface area contributed by atoms with Gasteiger partial charge in [-0.2, -0.15) is 8.78 Å². The molecule has 21 heavy (non-hydrogen) atoms. The van der Waals surface area contributed by atoms with Crippen LogP contribution in [-0.4, -0.2) is 37.2 Å². The van der Waals surface area contributed by atoms with Crippen molar-refractivity contribution in [2.75, 3.05) is 19.6 Å².